The number of para-hydroxylation sites is 1. The smallest absolute Gasteiger partial charge is 0.252 e. The van der Waals surface area contributed by atoms with E-state index in [1.165, 1.54) is 0 Å². The van der Waals surface area contributed by atoms with Crippen molar-refractivity contribution in [1.82, 2.24) is 20.5 Å². The Kier molecular flexibility index (Phi) is 5.92. The SMILES string of the molecule is O=C1NC(c2c[nH]c3ccccc23)C(C(=O)NCCCN2CCOCC2)c2ccccc21. The lowest BCUT2D eigenvalue weighted by molar-refractivity contribution is -0.123. The molecule has 2 atom stereocenters. The van der Waals surface area contributed by atoms with Crippen LogP contribution in [0.2, 0.25) is 0 Å². The Morgan fingerprint density at radius 3 is 2.72 bits per heavy atom. The van der Waals surface area contributed by atoms with Gasteiger partial charge in [-0.2, -0.15) is 0 Å². The van der Waals surface area contributed by atoms with E-state index in [2.05, 4.69) is 20.5 Å². The van der Waals surface area contributed by atoms with E-state index >= 15 is 0 Å². The van der Waals surface area contributed by atoms with Crippen LogP contribution in [0.5, 0.6) is 0 Å². The Hall–Kier alpha value is -3.16. The number of carbonyl (C=O) groups is 2. The number of H-pyrrole nitrogens is 1. The number of aromatic amines is 1. The summed E-state index contributed by atoms with van der Waals surface area (Å²) in [7, 11) is 0. The van der Waals surface area contributed by atoms with Crippen molar-refractivity contribution in [3.8, 4) is 0 Å². The number of ether oxygens (including phenoxy) is 1. The van der Waals surface area contributed by atoms with Crippen LogP contribution in [-0.2, 0) is 9.53 Å². The summed E-state index contributed by atoms with van der Waals surface area (Å²) in [5.41, 5.74) is 3.26. The molecule has 0 spiro atoms. The molecule has 1 fully saturated rings. The molecule has 0 radical (unpaired) electrons. The fourth-order valence-electron chi connectivity index (χ4n) is 4.81. The number of morpholine rings is 1. The van der Waals surface area contributed by atoms with Gasteiger partial charge in [0, 0.05) is 47.9 Å². The third-order valence-corrected chi connectivity index (χ3v) is 6.45. The molecule has 2 aliphatic heterocycles. The van der Waals surface area contributed by atoms with Crippen molar-refractivity contribution in [1.29, 1.82) is 0 Å². The monoisotopic (exact) mass is 432 g/mol. The lowest BCUT2D eigenvalue weighted by Gasteiger charge is -2.33. The van der Waals surface area contributed by atoms with Gasteiger partial charge in [0.1, 0.15) is 0 Å². The number of hydrogen-bond donors (Lipinski definition) is 3. The molecule has 5 rings (SSSR count). The van der Waals surface area contributed by atoms with Crippen molar-refractivity contribution in [2.75, 3.05) is 39.4 Å². The highest BCUT2D eigenvalue weighted by atomic mass is 16.5. The first-order valence-corrected chi connectivity index (χ1v) is 11.3. The first-order valence-electron chi connectivity index (χ1n) is 11.3. The normalized spacial score (nSPS) is 21.2. The second-order valence-corrected chi connectivity index (χ2v) is 8.40. The number of fused-ring (bicyclic) bond motifs is 2. The Bertz CT molecular complexity index is 1120. The van der Waals surface area contributed by atoms with Crippen LogP contribution in [0.15, 0.2) is 54.7 Å². The van der Waals surface area contributed by atoms with Crippen LogP contribution in [0.25, 0.3) is 10.9 Å². The van der Waals surface area contributed by atoms with E-state index in [4.69, 9.17) is 4.74 Å². The summed E-state index contributed by atoms with van der Waals surface area (Å²) >= 11 is 0. The van der Waals surface area contributed by atoms with Crippen molar-refractivity contribution >= 4 is 22.7 Å². The van der Waals surface area contributed by atoms with Gasteiger partial charge in [0.15, 0.2) is 0 Å². The largest absolute Gasteiger partial charge is 0.379 e. The minimum Gasteiger partial charge on any atom is -0.379 e. The minimum absolute atomic E-state index is 0.0605. The molecule has 2 unspecified atom stereocenters. The van der Waals surface area contributed by atoms with Crippen LogP contribution in [0.1, 0.15) is 39.9 Å². The van der Waals surface area contributed by atoms with Gasteiger partial charge in [0.25, 0.3) is 5.91 Å². The Morgan fingerprint density at radius 1 is 1.06 bits per heavy atom. The standard InChI is InChI=1S/C25H28N4O3/c30-24-19-8-2-1-7-18(19)22(25(31)26-10-5-11-29-12-14-32-15-13-29)23(28-24)20-16-27-21-9-4-3-6-17(20)21/h1-4,6-9,16,22-23,27H,5,10-15H2,(H,26,31)(H,28,30). The van der Waals surface area contributed by atoms with Crippen molar-refractivity contribution in [3.05, 3.63) is 71.4 Å². The third kappa shape index (κ3) is 4.01. The van der Waals surface area contributed by atoms with E-state index in [9.17, 15) is 9.59 Å². The van der Waals surface area contributed by atoms with Crippen LogP contribution in [-0.4, -0.2) is 61.1 Å². The molecule has 3 aromatic rings. The van der Waals surface area contributed by atoms with Crippen LogP contribution >= 0.6 is 0 Å². The highest BCUT2D eigenvalue weighted by Crippen LogP contribution is 2.39. The van der Waals surface area contributed by atoms with E-state index in [0.717, 1.165) is 61.3 Å². The zero-order valence-electron chi connectivity index (χ0n) is 18.0. The molecule has 3 N–H and O–H groups in total. The van der Waals surface area contributed by atoms with Crippen molar-refractivity contribution in [3.63, 3.8) is 0 Å². The predicted molar refractivity (Wildman–Crippen MR) is 123 cm³/mol. The van der Waals surface area contributed by atoms with Crippen LogP contribution in [0.3, 0.4) is 0 Å². The van der Waals surface area contributed by atoms with Crippen LogP contribution < -0.4 is 10.6 Å². The average Bonchev–Trinajstić information content (AvgIpc) is 3.26. The number of benzene rings is 2. The van der Waals surface area contributed by atoms with E-state index < -0.39 is 12.0 Å². The van der Waals surface area contributed by atoms with Gasteiger partial charge >= 0.3 is 0 Å². The summed E-state index contributed by atoms with van der Waals surface area (Å²) in [6.07, 6.45) is 2.78. The maximum atomic E-state index is 13.5. The summed E-state index contributed by atoms with van der Waals surface area (Å²) < 4.78 is 5.39. The molecule has 0 bridgehead atoms. The molecule has 7 nitrogen and oxygen atoms in total. The van der Waals surface area contributed by atoms with E-state index in [-0.39, 0.29) is 11.8 Å². The number of nitrogens with one attached hydrogen (secondary N) is 3. The quantitative estimate of drug-likeness (QED) is 0.523. The van der Waals surface area contributed by atoms with E-state index in [1.807, 2.05) is 48.7 Å². The van der Waals surface area contributed by atoms with E-state index in [1.54, 1.807) is 6.07 Å². The number of aromatic nitrogens is 1. The Labute approximate surface area is 187 Å². The molecule has 2 aliphatic rings. The zero-order valence-corrected chi connectivity index (χ0v) is 18.0. The summed E-state index contributed by atoms with van der Waals surface area (Å²) in [4.78, 5) is 32.0. The minimum atomic E-state index is -0.494. The molecule has 2 aromatic carbocycles. The maximum absolute atomic E-state index is 13.5. The molecule has 1 aromatic heterocycles. The van der Waals surface area contributed by atoms with Gasteiger partial charge in [-0.15, -0.1) is 0 Å². The number of carbonyl (C=O) groups excluding carboxylic acids is 2. The molecule has 7 heteroatoms. The molecular formula is C25H28N4O3. The van der Waals surface area contributed by atoms with Gasteiger partial charge in [0.05, 0.1) is 25.2 Å². The van der Waals surface area contributed by atoms with E-state index in [0.29, 0.717) is 12.1 Å². The lowest BCUT2D eigenvalue weighted by Crippen LogP contribution is -2.45. The van der Waals surface area contributed by atoms with Crippen molar-refractivity contribution in [2.45, 2.75) is 18.4 Å². The predicted octanol–water partition coefficient (Wildman–Crippen LogP) is 2.57. The number of nitrogens with zero attached hydrogens (tertiary/aromatic N) is 1. The molecule has 0 saturated carbocycles. The molecule has 2 amide bonds. The summed E-state index contributed by atoms with van der Waals surface area (Å²) in [5, 5.41) is 7.24. The van der Waals surface area contributed by atoms with Crippen LogP contribution in [0.4, 0.5) is 0 Å². The van der Waals surface area contributed by atoms with Gasteiger partial charge in [-0.1, -0.05) is 36.4 Å². The molecule has 1 saturated heterocycles. The van der Waals surface area contributed by atoms with Crippen molar-refractivity contribution < 1.29 is 14.3 Å². The molecule has 166 valence electrons. The second-order valence-electron chi connectivity index (χ2n) is 8.40. The van der Waals surface area contributed by atoms with Gasteiger partial charge < -0.3 is 20.4 Å². The highest BCUT2D eigenvalue weighted by Gasteiger charge is 2.39. The highest BCUT2D eigenvalue weighted by molar-refractivity contribution is 6.02. The van der Waals surface area contributed by atoms with Gasteiger partial charge in [-0.05, 0) is 30.7 Å². The lowest BCUT2D eigenvalue weighted by atomic mass is 9.80. The number of amides is 2. The fraction of sp³-hybridized carbons (Fsp3) is 0.360. The molecule has 3 heterocycles. The first-order chi connectivity index (χ1) is 15.7. The molecule has 0 aliphatic carbocycles. The fourth-order valence-corrected chi connectivity index (χ4v) is 4.81. The summed E-state index contributed by atoms with van der Waals surface area (Å²) in [6, 6.07) is 14.9. The first kappa shape index (κ1) is 20.7. The van der Waals surface area contributed by atoms with Gasteiger partial charge in [0.2, 0.25) is 5.91 Å². The Morgan fingerprint density at radius 2 is 1.84 bits per heavy atom. The summed E-state index contributed by atoms with van der Waals surface area (Å²) in [6.45, 7) is 4.97. The van der Waals surface area contributed by atoms with Crippen LogP contribution in [0, 0.1) is 0 Å². The third-order valence-electron chi connectivity index (χ3n) is 6.45. The molecule has 32 heavy (non-hydrogen) atoms. The van der Waals surface area contributed by atoms with Crippen molar-refractivity contribution in [2.24, 2.45) is 0 Å². The summed E-state index contributed by atoms with van der Waals surface area (Å²) in [5.74, 6) is -0.701. The number of hydrogen-bond acceptors (Lipinski definition) is 4. The average molecular weight is 433 g/mol. The second kappa shape index (κ2) is 9.14. The Balaban J connectivity index is 1.38. The van der Waals surface area contributed by atoms with Gasteiger partial charge in [-0.3, -0.25) is 14.5 Å². The zero-order chi connectivity index (χ0) is 21.9. The molecular weight excluding hydrogens is 404 g/mol. The number of rotatable bonds is 6. The topological polar surface area (TPSA) is 86.5 Å². The maximum Gasteiger partial charge on any atom is 0.252 e. The van der Waals surface area contributed by atoms with Gasteiger partial charge in [-0.25, -0.2) is 0 Å².